The molecule has 1 amide bonds. The molecule has 4 heterocycles. The van der Waals surface area contributed by atoms with Gasteiger partial charge < -0.3 is 33.1 Å². The zero-order valence-electron chi connectivity index (χ0n) is 18.2. The number of aromatic nitrogens is 1. The van der Waals surface area contributed by atoms with Gasteiger partial charge in [0.15, 0.2) is 17.7 Å². The van der Waals surface area contributed by atoms with Crippen LogP contribution in [0.1, 0.15) is 25.7 Å². The van der Waals surface area contributed by atoms with E-state index in [1.54, 1.807) is 7.11 Å². The van der Waals surface area contributed by atoms with Crippen molar-refractivity contribution < 1.29 is 33.0 Å². The lowest BCUT2D eigenvalue weighted by Crippen LogP contribution is -2.46. The Morgan fingerprint density at radius 3 is 2.59 bits per heavy atom. The second-order valence-electron chi connectivity index (χ2n) is 8.32. The molecule has 0 spiro atoms. The standard InChI is InChI=1S/C21H26ClN3O7/c1-11-7-24(8-12(2)30-11)17-14(20-28-4-5-29-20)6-15-18(16(17)22)32-23-19(15)25-9-13(10-27-3)31-21(25)26/h6,11-13,20H,4-5,7-10H2,1-3H3/t11-,12-,13+/m1/s1. The van der Waals surface area contributed by atoms with E-state index in [2.05, 4.69) is 10.1 Å². The zero-order valence-corrected chi connectivity index (χ0v) is 19.0. The van der Waals surface area contributed by atoms with Gasteiger partial charge in [-0.15, -0.1) is 0 Å². The molecule has 3 atom stereocenters. The molecule has 174 valence electrons. The summed E-state index contributed by atoms with van der Waals surface area (Å²) in [6.07, 6.45) is -1.40. The summed E-state index contributed by atoms with van der Waals surface area (Å²) in [5.74, 6) is 0.347. The highest BCUT2D eigenvalue weighted by molar-refractivity contribution is 6.38. The Balaban J connectivity index is 1.60. The number of morpholine rings is 1. The van der Waals surface area contributed by atoms with Crippen LogP contribution in [0.2, 0.25) is 5.02 Å². The van der Waals surface area contributed by atoms with E-state index in [4.69, 9.17) is 39.8 Å². The average Bonchev–Trinajstić information content (AvgIpc) is 3.47. The minimum Gasteiger partial charge on any atom is -0.441 e. The van der Waals surface area contributed by atoms with E-state index in [0.29, 0.717) is 61.3 Å². The highest BCUT2D eigenvalue weighted by Crippen LogP contribution is 2.45. The van der Waals surface area contributed by atoms with Crippen molar-refractivity contribution in [2.24, 2.45) is 0 Å². The lowest BCUT2D eigenvalue weighted by atomic mass is 10.1. The first-order valence-electron chi connectivity index (χ1n) is 10.7. The summed E-state index contributed by atoms with van der Waals surface area (Å²) < 4.78 is 33.7. The number of carbonyl (C=O) groups excluding carboxylic acids is 1. The lowest BCUT2D eigenvalue weighted by Gasteiger charge is -2.38. The first-order valence-corrected chi connectivity index (χ1v) is 11.1. The maximum Gasteiger partial charge on any atom is 0.416 e. The van der Waals surface area contributed by atoms with Crippen LogP contribution in [-0.2, 0) is 23.7 Å². The predicted molar refractivity (Wildman–Crippen MR) is 115 cm³/mol. The molecule has 0 saturated carbocycles. The SMILES string of the molecule is COC[C@@H]1CN(c2noc3c(Cl)c(N4C[C@@H](C)O[C@H](C)C4)c(C4OCCO4)cc23)C(=O)O1. The maximum atomic E-state index is 12.5. The zero-order chi connectivity index (χ0) is 22.4. The van der Waals surface area contributed by atoms with Crippen LogP contribution in [0.5, 0.6) is 0 Å². The van der Waals surface area contributed by atoms with Crippen LogP contribution in [0.15, 0.2) is 10.6 Å². The number of hydrogen-bond acceptors (Lipinski definition) is 9. The van der Waals surface area contributed by atoms with Crippen LogP contribution in [-0.4, -0.2) is 76.1 Å². The number of benzene rings is 1. The fourth-order valence-electron chi connectivity index (χ4n) is 4.60. The molecule has 0 N–H and O–H groups in total. The minimum absolute atomic E-state index is 0.0335. The number of halogens is 1. The maximum absolute atomic E-state index is 12.5. The monoisotopic (exact) mass is 467 g/mol. The number of hydrogen-bond donors (Lipinski definition) is 0. The third kappa shape index (κ3) is 3.80. The number of cyclic esters (lactones) is 1. The summed E-state index contributed by atoms with van der Waals surface area (Å²) in [6.45, 7) is 6.95. The molecule has 3 aliphatic rings. The number of nitrogens with zero attached hydrogens (tertiary/aromatic N) is 3. The third-order valence-corrected chi connectivity index (χ3v) is 6.13. The molecule has 32 heavy (non-hydrogen) atoms. The molecule has 5 rings (SSSR count). The summed E-state index contributed by atoms with van der Waals surface area (Å²) in [5, 5.41) is 5.16. The van der Waals surface area contributed by atoms with Crippen molar-refractivity contribution in [1.29, 1.82) is 0 Å². The number of ether oxygens (including phenoxy) is 5. The quantitative estimate of drug-likeness (QED) is 0.657. The first-order chi connectivity index (χ1) is 15.5. The Hall–Kier alpha value is -2.11. The first kappa shape index (κ1) is 21.7. The molecule has 11 heteroatoms. The van der Waals surface area contributed by atoms with Gasteiger partial charge in [-0.3, -0.25) is 4.90 Å². The Kier molecular flexibility index (Phi) is 5.89. The molecular weight excluding hydrogens is 442 g/mol. The Bertz CT molecular complexity index is 999. The van der Waals surface area contributed by atoms with Gasteiger partial charge in [-0.25, -0.2) is 4.79 Å². The van der Waals surface area contributed by atoms with Gasteiger partial charge in [0.25, 0.3) is 0 Å². The highest BCUT2D eigenvalue weighted by atomic mass is 35.5. The van der Waals surface area contributed by atoms with Gasteiger partial charge in [0.1, 0.15) is 11.1 Å². The van der Waals surface area contributed by atoms with Crippen molar-refractivity contribution in [3.8, 4) is 0 Å². The second-order valence-corrected chi connectivity index (χ2v) is 8.70. The molecule has 0 bridgehead atoms. The summed E-state index contributed by atoms with van der Waals surface area (Å²) >= 11 is 6.91. The fourth-order valence-corrected chi connectivity index (χ4v) is 4.96. The lowest BCUT2D eigenvalue weighted by molar-refractivity contribution is -0.0443. The molecule has 0 radical (unpaired) electrons. The summed E-state index contributed by atoms with van der Waals surface area (Å²) in [6, 6.07) is 1.89. The van der Waals surface area contributed by atoms with Crippen LogP contribution < -0.4 is 9.80 Å². The molecule has 3 saturated heterocycles. The van der Waals surface area contributed by atoms with E-state index >= 15 is 0 Å². The van der Waals surface area contributed by atoms with Crippen molar-refractivity contribution in [2.45, 2.75) is 38.4 Å². The Morgan fingerprint density at radius 1 is 1.19 bits per heavy atom. The van der Waals surface area contributed by atoms with Gasteiger partial charge in [0, 0.05) is 25.8 Å². The van der Waals surface area contributed by atoms with E-state index < -0.39 is 12.4 Å². The highest BCUT2D eigenvalue weighted by Gasteiger charge is 2.38. The predicted octanol–water partition coefficient (Wildman–Crippen LogP) is 3.11. The van der Waals surface area contributed by atoms with E-state index in [-0.39, 0.29) is 18.3 Å². The molecule has 0 unspecified atom stereocenters. The van der Waals surface area contributed by atoms with Crippen molar-refractivity contribution in [3.05, 3.63) is 16.7 Å². The van der Waals surface area contributed by atoms with Gasteiger partial charge in [-0.1, -0.05) is 16.8 Å². The van der Waals surface area contributed by atoms with Crippen molar-refractivity contribution >= 4 is 40.2 Å². The smallest absolute Gasteiger partial charge is 0.416 e. The fraction of sp³-hybridized carbons (Fsp3) is 0.619. The number of amides is 1. The summed E-state index contributed by atoms with van der Waals surface area (Å²) in [5.41, 5.74) is 1.94. The molecule has 0 aliphatic carbocycles. The van der Waals surface area contributed by atoms with Gasteiger partial charge >= 0.3 is 6.09 Å². The van der Waals surface area contributed by atoms with Crippen LogP contribution in [0, 0.1) is 0 Å². The van der Waals surface area contributed by atoms with Crippen LogP contribution >= 0.6 is 11.6 Å². The van der Waals surface area contributed by atoms with Gasteiger partial charge in [0.05, 0.1) is 49.6 Å². The van der Waals surface area contributed by atoms with E-state index in [1.165, 1.54) is 4.90 Å². The van der Waals surface area contributed by atoms with E-state index in [1.807, 2.05) is 19.9 Å². The van der Waals surface area contributed by atoms with Crippen LogP contribution in [0.25, 0.3) is 11.0 Å². The van der Waals surface area contributed by atoms with E-state index in [0.717, 1.165) is 11.3 Å². The molecule has 1 aromatic heterocycles. The second kappa shape index (κ2) is 8.68. The third-order valence-electron chi connectivity index (χ3n) is 5.78. The van der Waals surface area contributed by atoms with Gasteiger partial charge in [0.2, 0.25) is 0 Å². The number of fused-ring (bicyclic) bond motifs is 1. The summed E-state index contributed by atoms with van der Waals surface area (Å²) in [4.78, 5) is 16.1. The topological polar surface area (TPSA) is 95.7 Å². The average molecular weight is 468 g/mol. The van der Waals surface area contributed by atoms with Crippen molar-refractivity contribution in [3.63, 3.8) is 0 Å². The molecule has 2 aromatic rings. The number of methoxy groups -OCH3 is 1. The number of rotatable bonds is 5. The minimum atomic E-state index is -0.574. The molecule has 1 aromatic carbocycles. The van der Waals surface area contributed by atoms with Crippen LogP contribution in [0.3, 0.4) is 0 Å². The molecule has 10 nitrogen and oxygen atoms in total. The van der Waals surface area contributed by atoms with Gasteiger partial charge in [-0.2, -0.15) is 0 Å². The largest absolute Gasteiger partial charge is 0.441 e. The van der Waals surface area contributed by atoms with Crippen molar-refractivity contribution in [2.75, 3.05) is 56.4 Å². The summed E-state index contributed by atoms with van der Waals surface area (Å²) in [7, 11) is 1.56. The van der Waals surface area contributed by atoms with Crippen molar-refractivity contribution in [1.82, 2.24) is 5.16 Å². The molecular formula is C21H26ClN3O7. The molecule has 3 aliphatic heterocycles. The molecule has 3 fully saturated rings. The number of carbonyl (C=O) groups is 1. The number of anilines is 2. The normalized spacial score (nSPS) is 27.0. The Labute approximate surface area is 190 Å². The van der Waals surface area contributed by atoms with Crippen LogP contribution in [0.4, 0.5) is 16.3 Å². The van der Waals surface area contributed by atoms with E-state index in [9.17, 15) is 4.79 Å². The Morgan fingerprint density at radius 2 is 1.91 bits per heavy atom. The van der Waals surface area contributed by atoms with Gasteiger partial charge in [-0.05, 0) is 19.9 Å².